The molecule has 29 heavy (non-hydrogen) atoms. The molecule has 1 fully saturated rings. The van der Waals surface area contributed by atoms with Crippen molar-refractivity contribution in [1.82, 2.24) is 5.32 Å². The topological polar surface area (TPSA) is 87.7 Å². The number of hydrogen-bond donors (Lipinski definition) is 2. The predicted molar refractivity (Wildman–Crippen MR) is 111 cm³/mol. The second kappa shape index (κ2) is 9.73. The average Bonchev–Trinajstić information content (AvgIpc) is 3.28. The van der Waals surface area contributed by atoms with E-state index in [1.165, 1.54) is 19.8 Å². The SMILES string of the molecule is C[C@H](NC(=O)c1ccccc1)C(=O)OCC(=O)Nc1ccc(N2CCCC2)cc1. The molecule has 0 unspecified atom stereocenters. The lowest BCUT2D eigenvalue weighted by Crippen LogP contribution is -2.40. The number of esters is 1. The first-order chi connectivity index (χ1) is 14.0. The quantitative estimate of drug-likeness (QED) is 0.704. The Bertz CT molecular complexity index is 846. The van der Waals surface area contributed by atoms with Crippen molar-refractivity contribution < 1.29 is 19.1 Å². The molecule has 0 aromatic heterocycles. The smallest absolute Gasteiger partial charge is 0.328 e. The van der Waals surface area contributed by atoms with Crippen LogP contribution in [0.2, 0.25) is 0 Å². The van der Waals surface area contributed by atoms with Crippen molar-refractivity contribution in [3.63, 3.8) is 0 Å². The number of carbonyl (C=O) groups is 3. The van der Waals surface area contributed by atoms with Gasteiger partial charge in [-0.1, -0.05) is 18.2 Å². The maximum absolute atomic E-state index is 12.1. The molecule has 0 radical (unpaired) electrons. The number of hydrogen-bond acceptors (Lipinski definition) is 5. The molecule has 3 rings (SSSR count). The molecule has 1 aliphatic rings. The van der Waals surface area contributed by atoms with Gasteiger partial charge in [-0.25, -0.2) is 4.79 Å². The third kappa shape index (κ3) is 5.81. The van der Waals surface area contributed by atoms with Gasteiger partial charge >= 0.3 is 5.97 Å². The Morgan fingerprint density at radius 1 is 1.00 bits per heavy atom. The Kier molecular flexibility index (Phi) is 6.84. The van der Waals surface area contributed by atoms with E-state index in [9.17, 15) is 14.4 Å². The maximum atomic E-state index is 12.1. The van der Waals surface area contributed by atoms with E-state index in [4.69, 9.17) is 4.74 Å². The van der Waals surface area contributed by atoms with Gasteiger partial charge in [0, 0.05) is 30.0 Å². The zero-order valence-corrected chi connectivity index (χ0v) is 16.4. The second-order valence-electron chi connectivity index (χ2n) is 6.96. The van der Waals surface area contributed by atoms with E-state index in [1.54, 1.807) is 30.3 Å². The lowest BCUT2D eigenvalue weighted by atomic mass is 10.2. The molecule has 7 heteroatoms. The summed E-state index contributed by atoms with van der Waals surface area (Å²) >= 11 is 0. The summed E-state index contributed by atoms with van der Waals surface area (Å²) in [4.78, 5) is 38.4. The Hall–Kier alpha value is -3.35. The summed E-state index contributed by atoms with van der Waals surface area (Å²) in [6.45, 7) is 3.21. The molecule has 0 bridgehead atoms. The van der Waals surface area contributed by atoms with E-state index in [0.717, 1.165) is 18.8 Å². The van der Waals surface area contributed by atoms with Crippen LogP contribution in [0.15, 0.2) is 54.6 Å². The van der Waals surface area contributed by atoms with E-state index in [2.05, 4.69) is 15.5 Å². The minimum Gasteiger partial charge on any atom is -0.454 e. The predicted octanol–water partition coefficient (Wildman–Crippen LogP) is 2.59. The molecule has 0 spiro atoms. The van der Waals surface area contributed by atoms with Crippen molar-refractivity contribution in [2.75, 3.05) is 29.9 Å². The molecule has 2 aromatic carbocycles. The molecule has 0 saturated carbocycles. The van der Waals surface area contributed by atoms with Gasteiger partial charge in [-0.2, -0.15) is 0 Å². The summed E-state index contributed by atoms with van der Waals surface area (Å²) in [6, 6.07) is 15.3. The lowest BCUT2D eigenvalue weighted by molar-refractivity contribution is -0.148. The highest BCUT2D eigenvalue weighted by atomic mass is 16.5. The van der Waals surface area contributed by atoms with Crippen LogP contribution in [0.4, 0.5) is 11.4 Å². The standard InChI is InChI=1S/C22H25N3O4/c1-16(23-21(27)17-7-3-2-4-8-17)22(28)29-15-20(26)24-18-9-11-19(12-10-18)25-13-5-6-14-25/h2-4,7-12,16H,5-6,13-15H2,1H3,(H,23,27)(H,24,26)/t16-/m0/s1. The highest BCUT2D eigenvalue weighted by Gasteiger charge is 2.19. The molecule has 2 N–H and O–H groups in total. The van der Waals surface area contributed by atoms with Crippen LogP contribution in [0, 0.1) is 0 Å². The van der Waals surface area contributed by atoms with Crippen molar-refractivity contribution >= 4 is 29.2 Å². The molecule has 152 valence electrons. The first kappa shape index (κ1) is 20.4. The summed E-state index contributed by atoms with van der Waals surface area (Å²) in [5.74, 6) is -1.49. The third-order valence-electron chi connectivity index (χ3n) is 4.70. The Labute approximate surface area is 170 Å². The van der Waals surface area contributed by atoms with Gasteiger partial charge < -0.3 is 20.3 Å². The van der Waals surface area contributed by atoms with Gasteiger partial charge in [0.15, 0.2) is 6.61 Å². The van der Waals surface area contributed by atoms with Gasteiger partial charge in [-0.05, 0) is 56.2 Å². The van der Waals surface area contributed by atoms with Crippen molar-refractivity contribution in [1.29, 1.82) is 0 Å². The largest absolute Gasteiger partial charge is 0.454 e. The Balaban J connectivity index is 1.42. The van der Waals surface area contributed by atoms with Crippen LogP contribution < -0.4 is 15.5 Å². The van der Waals surface area contributed by atoms with Crippen molar-refractivity contribution in [2.24, 2.45) is 0 Å². The van der Waals surface area contributed by atoms with Crippen LogP contribution in [0.3, 0.4) is 0 Å². The van der Waals surface area contributed by atoms with E-state index in [-0.39, 0.29) is 5.91 Å². The number of carbonyl (C=O) groups excluding carboxylic acids is 3. The normalized spacial score (nSPS) is 14.2. The van der Waals surface area contributed by atoms with E-state index >= 15 is 0 Å². The maximum Gasteiger partial charge on any atom is 0.328 e. The molecule has 1 heterocycles. The van der Waals surface area contributed by atoms with Crippen LogP contribution in [0.5, 0.6) is 0 Å². The molecule has 2 aromatic rings. The fraction of sp³-hybridized carbons (Fsp3) is 0.318. The van der Waals surface area contributed by atoms with Crippen LogP contribution in [0.1, 0.15) is 30.1 Å². The molecule has 1 atom stereocenters. The van der Waals surface area contributed by atoms with E-state index in [0.29, 0.717) is 11.3 Å². The van der Waals surface area contributed by atoms with Gasteiger partial charge in [0.1, 0.15) is 6.04 Å². The number of nitrogens with zero attached hydrogens (tertiary/aromatic N) is 1. The van der Waals surface area contributed by atoms with Crippen molar-refractivity contribution in [3.8, 4) is 0 Å². The molecule has 1 aliphatic heterocycles. The number of ether oxygens (including phenoxy) is 1. The second-order valence-corrected chi connectivity index (χ2v) is 6.96. The van der Waals surface area contributed by atoms with Crippen molar-refractivity contribution in [2.45, 2.75) is 25.8 Å². The van der Waals surface area contributed by atoms with Crippen LogP contribution in [0.25, 0.3) is 0 Å². The zero-order valence-electron chi connectivity index (χ0n) is 16.4. The minimum atomic E-state index is -0.866. The number of rotatable bonds is 7. The highest BCUT2D eigenvalue weighted by molar-refractivity contribution is 5.97. The highest BCUT2D eigenvalue weighted by Crippen LogP contribution is 2.21. The first-order valence-corrected chi connectivity index (χ1v) is 9.70. The van der Waals surface area contributed by atoms with Crippen LogP contribution in [-0.2, 0) is 14.3 Å². The summed E-state index contributed by atoms with van der Waals surface area (Å²) in [5, 5.41) is 5.25. The van der Waals surface area contributed by atoms with Gasteiger partial charge in [0.2, 0.25) is 0 Å². The monoisotopic (exact) mass is 395 g/mol. The van der Waals surface area contributed by atoms with E-state index in [1.807, 2.05) is 24.3 Å². The lowest BCUT2D eigenvalue weighted by Gasteiger charge is -2.18. The number of anilines is 2. The molecular weight excluding hydrogens is 370 g/mol. The van der Waals surface area contributed by atoms with E-state index < -0.39 is 24.5 Å². The van der Waals surface area contributed by atoms with Gasteiger partial charge in [-0.15, -0.1) is 0 Å². The van der Waals surface area contributed by atoms with Gasteiger partial charge in [0.05, 0.1) is 0 Å². The minimum absolute atomic E-state index is 0.377. The third-order valence-corrected chi connectivity index (χ3v) is 4.70. The Morgan fingerprint density at radius 2 is 1.66 bits per heavy atom. The van der Waals surface area contributed by atoms with Crippen molar-refractivity contribution in [3.05, 3.63) is 60.2 Å². The average molecular weight is 395 g/mol. The number of benzene rings is 2. The zero-order chi connectivity index (χ0) is 20.6. The van der Waals surface area contributed by atoms with Crippen LogP contribution in [-0.4, -0.2) is 43.5 Å². The summed E-state index contributed by atoms with van der Waals surface area (Å²) < 4.78 is 5.01. The van der Waals surface area contributed by atoms with Crippen LogP contribution >= 0.6 is 0 Å². The molecule has 1 saturated heterocycles. The Morgan fingerprint density at radius 3 is 2.31 bits per heavy atom. The summed E-state index contributed by atoms with van der Waals surface area (Å²) in [5.41, 5.74) is 2.22. The molecule has 0 aliphatic carbocycles. The van der Waals surface area contributed by atoms with Gasteiger partial charge in [-0.3, -0.25) is 9.59 Å². The molecular formula is C22H25N3O4. The number of nitrogens with one attached hydrogen (secondary N) is 2. The summed E-state index contributed by atoms with van der Waals surface area (Å²) in [6.07, 6.45) is 2.40. The van der Waals surface area contributed by atoms with Gasteiger partial charge in [0.25, 0.3) is 11.8 Å². The fourth-order valence-electron chi connectivity index (χ4n) is 3.12. The summed E-state index contributed by atoms with van der Waals surface area (Å²) in [7, 11) is 0. The fourth-order valence-corrected chi connectivity index (χ4v) is 3.12. The molecule has 2 amide bonds. The number of amides is 2. The first-order valence-electron chi connectivity index (χ1n) is 9.70. The molecule has 7 nitrogen and oxygen atoms in total.